The monoisotopic (exact) mass is 237 g/mol. The van der Waals surface area contributed by atoms with Crippen molar-refractivity contribution in [2.24, 2.45) is 5.92 Å². The molecular formula is C13H19NO3. The van der Waals surface area contributed by atoms with E-state index in [-0.39, 0.29) is 5.69 Å². The summed E-state index contributed by atoms with van der Waals surface area (Å²) in [4.78, 5) is 14.9. The Kier molecular flexibility index (Phi) is 3.82. The van der Waals surface area contributed by atoms with E-state index in [0.29, 0.717) is 17.6 Å². The van der Waals surface area contributed by atoms with Gasteiger partial charge in [-0.1, -0.05) is 25.7 Å². The van der Waals surface area contributed by atoms with Gasteiger partial charge in [-0.2, -0.15) is 0 Å². The van der Waals surface area contributed by atoms with Crippen LogP contribution in [0.15, 0.2) is 4.42 Å². The molecule has 1 aliphatic rings. The van der Waals surface area contributed by atoms with Crippen LogP contribution < -0.4 is 0 Å². The van der Waals surface area contributed by atoms with Gasteiger partial charge >= 0.3 is 5.97 Å². The van der Waals surface area contributed by atoms with Crippen molar-refractivity contribution < 1.29 is 14.3 Å². The van der Waals surface area contributed by atoms with Gasteiger partial charge in [0.2, 0.25) is 0 Å². The van der Waals surface area contributed by atoms with Crippen molar-refractivity contribution in [3.8, 4) is 0 Å². The zero-order valence-electron chi connectivity index (χ0n) is 10.2. The van der Waals surface area contributed by atoms with Crippen LogP contribution in [0.5, 0.6) is 0 Å². The van der Waals surface area contributed by atoms with Crippen molar-refractivity contribution in [1.82, 2.24) is 4.98 Å². The molecule has 1 aromatic heterocycles. The van der Waals surface area contributed by atoms with E-state index in [1.165, 1.54) is 38.5 Å². The van der Waals surface area contributed by atoms with E-state index in [0.717, 1.165) is 6.42 Å². The standard InChI is InChI=1S/C13H19NO3/c1-9-12(13(15)16)14-11(17-9)8-10-6-4-2-3-5-7-10/h10H,2-8H2,1H3,(H,15,16). The number of nitrogens with zero attached hydrogens (tertiary/aromatic N) is 1. The molecule has 17 heavy (non-hydrogen) atoms. The number of aryl methyl sites for hydroxylation is 1. The van der Waals surface area contributed by atoms with E-state index in [9.17, 15) is 4.79 Å². The zero-order valence-corrected chi connectivity index (χ0v) is 10.2. The van der Waals surface area contributed by atoms with Gasteiger partial charge in [0.15, 0.2) is 11.6 Å². The van der Waals surface area contributed by atoms with Gasteiger partial charge in [-0.15, -0.1) is 0 Å². The summed E-state index contributed by atoms with van der Waals surface area (Å²) in [6.07, 6.45) is 8.40. The van der Waals surface area contributed by atoms with Crippen LogP contribution in [-0.2, 0) is 6.42 Å². The van der Waals surface area contributed by atoms with Gasteiger partial charge in [0.05, 0.1) is 0 Å². The molecule has 0 unspecified atom stereocenters. The third-order valence-corrected chi connectivity index (χ3v) is 3.48. The van der Waals surface area contributed by atoms with Crippen molar-refractivity contribution in [3.63, 3.8) is 0 Å². The molecule has 1 aliphatic carbocycles. The van der Waals surface area contributed by atoms with Gasteiger partial charge in [-0.05, 0) is 25.7 Å². The molecule has 1 N–H and O–H groups in total. The maximum atomic E-state index is 10.9. The average Bonchev–Trinajstić information content (AvgIpc) is 2.50. The van der Waals surface area contributed by atoms with Crippen LogP contribution in [0.2, 0.25) is 0 Å². The van der Waals surface area contributed by atoms with Gasteiger partial charge in [-0.25, -0.2) is 9.78 Å². The number of rotatable bonds is 3. The number of carbonyl (C=O) groups is 1. The summed E-state index contributed by atoms with van der Waals surface area (Å²) in [6, 6.07) is 0. The lowest BCUT2D eigenvalue weighted by atomic mass is 9.97. The molecular weight excluding hydrogens is 218 g/mol. The minimum absolute atomic E-state index is 0.0635. The smallest absolute Gasteiger partial charge is 0.358 e. The Bertz CT molecular complexity index is 389. The summed E-state index contributed by atoms with van der Waals surface area (Å²) in [5.41, 5.74) is 0.0635. The second kappa shape index (κ2) is 5.34. The molecule has 94 valence electrons. The van der Waals surface area contributed by atoms with E-state index in [1.54, 1.807) is 6.92 Å². The number of aromatic carboxylic acids is 1. The van der Waals surface area contributed by atoms with Crippen molar-refractivity contribution >= 4 is 5.97 Å². The third-order valence-electron chi connectivity index (χ3n) is 3.48. The Balaban J connectivity index is 2.02. The molecule has 0 atom stereocenters. The van der Waals surface area contributed by atoms with Crippen LogP contribution in [0, 0.1) is 12.8 Å². The highest BCUT2D eigenvalue weighted by atomic mass is 16.4. The van der Waals surface area contributed by atoms with Crippen LogP contribution in [-0.4, -0.2) is 16.1 Å². The van der Waals surface area contributed by atoms with E-state index in [2.05, 4.69) is 4.98 Å². The van der Waals surface area contributed by atoms with Gasteiger partial charge in [0.1, 0.15) is 5.76 Å². The summed E-state index contributed by atoms with van der Waals surface area (Å²) in [5, 5.41) is 8.91. The topological polar surface area (TPSA) is 63.3 Å². The first-order valence-electron chi connectivity index (χ1n) is 6.36. The second-order valence-corrected chi connectivity index (χ2v) is 4.88. The molecule has 2 rings (SSSR count). The lowest BCUT2D eigenvalue weighted by molar-refractivity contribution is 0.0689. The molecule has 1 fully saturated rings. The quantitative estimate of drug-likeness (QED) is 0.820. The number of oxazole rings is 1. The van der Waals surface area contributed by atoms with Crippen molar-refractivity contribution in [2.45, 2.75) is 51.9 Å². The summed E-state index contributed by atoms with van der Waals surface area (Å²) in [5.74, 6) is 0.614. The minimum Gasteiger partial charge on any atom is -0.476 e. The molecule has 0 saturated heterocycles. The highest BCUT2D eigenvalue weighted by Gasteiger charge is 2.19. The maximum Gasteiger partial charge on any atom is 0.358 e. The predicted molar refractivity (Wildman–Crippen MR) is 63.1 cm³/mol. The lowest BCUT2D eigenvalue weighted by Crippen LogP contribution is -2.04. The first kappa shape index (κ1) is 12.1. The van der Waals surface area contributed by atoms with Crippen molar-refractivity contribution in [3.05, 3.63) is 17.3 Å². The maximum absolute atomic E-state index is 10.9. The summed E-state index contributed by atoms with van der Waals surface area (Å²) in [6.45, 7) is 1.66. The fourth-order valence-corrected chi connectivity index (χ4v) is 2.55. The second-order valence-electron chi connectivity index (χ2n) is 4.88. The number of aromatic nitrogens is 1. The summed E-state index contributed by atoms with van der Waals surface area (Å²) in [7, 11) is 0. The molecule has 0 aromatic carbocycles. The van der Waals surface area contributed by atoms with Crippen LogP contribution in [0.25, 0.3) is 0 Å². The molecule has 1 saturated carbocycles. The fourth-order valence-electron chi connectivity index (χ4n) is 2.55. The highest BCUT2D eigenvalue weighted by Crippen LogP contribution is 2.26. The molecule has 0 spiro atoms. The molecule has 4 nitrogen and oxygen atoms in total. The van der Waals surface area contributed by atoms with Crippen LogP contribution in [0.1, 0.15) is 60.7 Å². The molecule has 0 radical (unpaired) electrons. The zero-order chi connectivity index (χ0) is 12.3. The Morgan fingerprint density at radius 3 is 2.53 bits per heavy atom. The Hall–Kier alpha value is -1.32. The van der Waals surface area contributed by atoms with Crippen molar-refractivity contribution in [2.75, 3.05) is 0 Å². The SMILES string of the molecule is Cc1oc(CC2CCCCCC2)nc1C(=O)O. The van der Waals surface area contributed by atoms with Crippen molar-refractivity contribution in [1.29, 1.82) is 0 Å². The first-order chi connectivity index (χ1) is 8.16. The van der Waals surface area contributed by atoms with Gasteiger partial charge in [0.25, 0.3) is 0 Å². The number of hydrogen-bond acceptors (Lipinski definition) is 3. The molecule has 0 bridgehead atoms. The Morgan fingerprint density at radius 1 is 1.35 bits per heavy atom. The first-order valence-corrected chi connectivity index (χ1v) is 6.36. The van der Waals surface area contributed by atoms with Gasteiger partial charge < -0.3 is 9.52 Å². The minimum atomic E-state index is -1.00. The third kappa shape index (κ3) is 3.08. The predicted octanol–water partition coefficient (Wildman–Crippen LogP) is 3.19. The molecule has 0 aliphatic heterocycles. The Morgan fingerprint density at radius 2 is 2.00 bits per heavy atom. The Labute approximate surface area is 101 Å². The average molecular weight is 237 g/mol. The summed E-state index contributed by atoms with van der Waals surface area (Å²) >= 11 is 0. The van der Waals surface area contributed by atoms with Crippen LogP contribution >= 0.6 is 0 Å². The van der Waals surface area contributed by atoms with Gasteiger partial charge in [-0.3, -0.25) is 0 Å². The lowest BCUT2D eigenvalue weighted by Gasteiger charge is -2.10. The van der Waals surface area contributed by atoms with Crippen LogP contribution in [0.4, 0.5) is 0 Å². The van der Waals surface area contributed by atoms with E-state index in [4.69, 9.17) is 9.52 Å². The molecule has 1 heterocycles. The number of carboxylic acids is 1. The molecule has 1 aromatic rings. The van der Waals surface area contributed by atoms with Crippen LogP contribution in [0.3, 0.4) is 0 Å². The largest absolute Gasteiger partial charge is 0.476 e. The summed E-state index contributed by atoms with van der Waals surface area (Å²) < 4.78 is 5.43. The number of carboxylic acid groups (broad SMARTS) is 1. The van der Waals surface area contributed by atoms with E-state index in [1.807, 2.05) is 0 Å². The highest BCUT2D eigenvalue weighted by molar-refractivity contribution is 5.86. The molecule has 0 amide bonds. The number of hydrogen-bond donors (Lipinski definition) is 1. The van der Waals surface area contributed by atoms with E-state index < -0.39 is 5.97 Å². The molecule has 4 heteroatoms. The normalized spacial score (nSPS) is 17.9. The van der Waals surface area contributed by atoms with Gasteiger partial charge in [0, 0.05) is 6.42 Å². The van der Waals surface area contributed by atoms with E-state index >= 15 is 0 Å². The fraction of sp³-hybridized carbons (Fsp3) is 0.692.